The van der Waals surface area contributed by atoms with E-state index in [4.69, 9.17) is 9.47 Å². The second-order valence-corrected chi connectivity index (χ2v) is 7.29. The number of esters is 1. The maximum absolute atomic E-state index is 12.5. The number of nitrogens with zero attached hydrogens (tertiary/aromatic N) is 1. The van der Waals surface area contributed by atoms with E-state index < -0.39 is 24.4 Å². The van der Waals surface area contributed by atoms with Gasteiger partial charge in [-0.15, -0.1) is 0 Å². The third-order valence-electron chi connectivity index (χ3n) is 5.23. The number of amides is 2. The van der Waals surface area contributed by atoms with Crippen molar-refractivity contribution in [3.05, 3.63) is 66.7 Å². The number of methoxy groups -OCH3 is 1. The minimum Gasteiger partial charge on any atom is -0.497 e. The van der Waals surface area contributed by atoms with E-state index in [1.165, 1.54) is 4.90 Å². The molecular weight excluding hydrogens is 396 g/mol. The van der Waals surface area contributed by atoms with Crippen molar-refractivity contribution in [2.24, 2.45) is 5.92 Å². The molecule has 0 spiro atoms. The predicted molar refractivity (Wildman–Crippen MR) is 117 cm³/mol. The van der Waals surface area contributed by atoms with Crippen LogP contribution in [-0.4, -0.2) is 38.0 Å². The molecule has 0 aromatic heterocycles. The van der Waals surface area contributed by atoms with Crippen molar-refractivity contribution in [2.75, 3.05) is 30.5 Å². The highest BCUT2D eigenvalue weighted by Crippen LogP contribution is 2.28. The van der Waals surface area contributed by atoms with E-state index in [0.717, 1.165) is 10.8 Å². The van der Waals surface area contributed by atoms with Gasteiger partial charge in [-0.1, -0.05) is 42.5 Å². The van der Waals surface area contributed by atoms with Gasteiger partial charge >= 0.3 is 5.97 Å². The second kappa shape index (κ2) is 8.87. The van der Waals surface area contributed by atoms with E-state index in [2.05, 4.69) is 5.32 Å². The molecule has 4 rings (SSSR count). The highest BCUT2D eigenvalue weighted by Gasteiger charge is 2.36. The number of benzene rings is 3. The molecular formula is C24H22N2O5. The first-order valence-corrected chi connectivity index (χ1v) is 9.94. The summed E-state index contributed by atoms with van der Waals surface area (Å²) in [4.78, 5) is 38.7. The molecule has 2 amide bonds. The molecule has 1 aliphatic rings. The molecule has 1 saturated heterocycles. The smallest absolute Gasteiger partial charge is 0.311 e. The maximum Gasteiger partial charge on any atom is 0.311 e. The van der Waals surface area contributed by atoms with Crippen LogP contribution in [0.3, 0.4) is 0 Å². The lowest BCUT2D eigenvalue weighted by atomic mass is 10.1. The van der Waals surface area contributed by atoms with Crippen LogP contribution in [0.4, 0.5) is 11.4 Å². The second-order valence-electron chi connectivity index (χ2n) is 7.29. The average molecular weight is 418 g/mol. The number of hydrogen-bond donors (Lipinski definition) is 1. The van der Waals surface area contributed by atoms with Crippen molar-refractivity contribution in [3.63, 3.8) is 0 Å². The zero-order chi connectivity index (χ0) is 21.8. The normalized spacial score (nSPS) is 15.7. The van der Waals surface area contributed by atoms with E-state index in [-0.39, 0.29) is 18.9 Å². The SMILES string of the molecule is COc1cccc(N2C[C@@H](C(=O)OCC(=O)Nc3cccc4ccccc34)CC2=O)c1. The summed E-state index contributed by atoms with van der Waals surface area (Å²) < 4.78 is 10.4. The summed E-state index contributed by atoms with van der Waals surface area (Å²) in [6.07, 6.45) is 0.0426. The fraction of sp³-hybridized carbons (Fsp3) is 0.208. The molecule has 1 heterocycles. The largest absolute Gasteiger partial charge is 0.497 e. The molecule has 0 radical (unpaired) electrons. The molecule has 1 N–H and O–H groups in total. The van der Waals surface area contributed by atoms with E-state index in [1.807, 2.05) is 36.4 Å². The Morgan fingerprint density at radius 2 is 1.84 bits per heavy atom. The molecule has 7 heteroatoms. The number of anilines is 2. The molecule has 1 fully saturated rings. The van der Waals surface area contributed by atoms with Crippen molar-refractivity contribution in [1.82, 2.24) is 0 Å². The molecule has 1 atom stereocenters. The number of rotatable bonds is 6. The van der Waals surface area contributed by atoms with Crippen LogP contribution < -0.4 is 15.0 Å². The van der Waals surface area contributed by atoms with Crippen LogP contribution in [-0.2, 0) is 19.1 Å². The van der Waals surface area contributed by atoms with Gasteiger partial charge in [0.25, 0.3) is 5.91 Å². The third kappa shape index (κ3) is 4.50. The summed E-state index contributed by atoms with van der Waals surface area (Å²) >= 11 is 0. The van der Waals surface area contributed by atoms with Crippen LogP contribution in [0.15, 0.2) is 66.7 Å². The van der Waals surface area contributed by atoms with Crippen LogP contribution in [0.25, 0.3) is 10.8 Å². The molecule has 3 aromatic carbocycles. The molecule has 7 nitrogen and oxygen atoms in total. The first-order chi connectivity index (χ1) is 15.0. The molecule has 31 heavy (non-hydrogen) atoms. The minimum absolute atomic E-state index is 0.0426. The van der Waals surface area contributed by atoms with Gasteiger partial charge in [0.15, 0.2) is 6.61 Å². The Kier molecular flexibility index (Phi) is 5.84. The third-order valence-corrected chi connectivity index (χ3v) is 5.23. The Bertz CT molecular complexity index is 1140. The van der Waals surface area contributed by atoms with Gasteiger partial charge in [0.1, 0.15) is 5.75 Å². The topological polar surface area (TPSA) is 84.9 Å². The summed E-state index contributed by atoms with van der Waals surface area (Å²) in [5.74, 6) is -1.16. The fourth-order valence-electron chi connectivity index (χ4n) is 3.67. The van der Waals surface area contributed by atoms with Gasteiger partial charge in [0.2, 0.25) is 5.91 Å². The number of nitrogens with one attached hydrogen (secondary N) is 1. The molecule has 3 aromatic rings. The van der Waals surface area contributed by atoms with Crippen molar-refractivity contribution < 1.29 is 23.9 Å². The predicted octanol–water partition coefficient (Wildman–Crippen LogP) is 3.38. The van der Waals surface area contributed by atoms with Crippen LogP contribution in [0.5, 0.6) is 5.75 Å². The molecule has 0 saturated carbocycles. The zero-order valence-electron chi connectivity index (χ0n) is 17.0. The zero-order valence-corrected chi connectivity index (χ0v) is 17.0. The van der Waals surface area contributed by atoms with Crippen LogP contribution in [0.2, 0.25) is 0 Å². The van der Waals surface area contributed by atoms with Gasteiger partial charge in [-0.25, -0.2) is 0 Å². The monoisotopic (exact) mass is 418 g/mol. The van der Waals surface area contributed by atoms with Crippen molar-refractivity contribution in [1.29, 1.82) is 0 Å². The Morgan fingerprint density at radius 1 is 1.06 bits per heavy atom. The van der Waals surface area contributed by atoms with E-state index in [0.29, 0.717) is 17.1 Å². The quantitative estimate of drug-likeness (QED) is 0.621. The summed E-state index contributed by atoms with van der Waals surface area (Å²) in [6, 6.07) is 20.4. The lowest BCUT2D eigenvalue weighted by Gasteiger charge is -2.17. The highest BCUT2D eigenvalue weighted by atomic mass is 16.5. The first kappa shape index (κ1) is 20.4. The van der Waals surface area contributed by atoms with E-state index >= 15 is 0 Å². The van der Waals surface area contributed by atoms with E-state index in [9.17, 15) is 14.4 Å². The molecule has 158 valence electrons. The Morgan fingerprint density at radius 3 is 2.68 bits per heavy atom. The standard InChI is InChI=1S/C24H22N2O5/c1-30-19-9-5-8-18(13-19)26-14-17(12-23(26)28)24(29)31-15-22(27)25-21-11-4-7-16-6-2-3-10-20(16)21/h2-11,13,17H,12,14-15H2,1H3,(H,25,27)/t17-/m0/s1. The molecule has 0 unspecified atom stereocenters. The molecule has 0 aliphatic carbocycles. The van der Waals surface area contributed by atoms with Gasteiger partial charge in [-0.05, 0) is 23.6 Å². The highest BCUT2D eigenvalue weighted by molar-refractivity contribution is 6.03. The Labute approximate surface area is 179 Å². The number of ether oxygens (including phenoxy) is 2. The lowest BCUT2D eigenvalue weighted by Crippen LogP contribution is -2.28. The van der Waals surface area contributed by atoms with E-state index in [1.54, 1.807) is 37.4 Å². The van der Waals surface area contributed by atoms with Crippen molar-refractivity contribution in [2.45, 2.75) is 6.42 Å². The van der Waals surface area contributed by atoms with Gasteiger partial charge in [0, 0.05) is 35.8 Å². The van der Waals surface area contributed by atoms with Crippen LogP contribution in [0.1, 0.15) is 6.42 Å². The average Bonchev–Trinajstić information content (AvgIpc) is 3.19. The number of carbonyl (C=O) groups excluding carboxylic acids is 3. The van der Waals surface area contributed by atoms with Crippen LogP contribution in [0, 0.1) is 5.92 Å². The summed E-state index contributed by atoms with van der Waals surface area (Å²) in [5.41, 5.74) is 1.31. The number of fused-ring (bicyclic) bond motifs is 1. The van der Waals surface area contributed by atoms with Crippen molar-refractivity contribution in [3.8, 4) is 5.75 Å². The number of hydrogen-bond acceptors (Lipinski definition) is 5. The summed E-state index contributed by atoms with van der Waals surface area (Å²) in [6.45, 7) is -0.207. The Hall–Kier alpha value is -3.87. The first-order valence-electron chi connectivity index (χ1n) is 9.94. The van der Waals surface area contributed by atoms with Crippen molar-refractivity contribution >= 4 is 39.9 Å². The van der Waals surface area contributed by atoms with Gasteiger partial charge < -0.3 is 19.7 Å². The maximum atomic E-state index is 12.5. The van der Waals surface area contributed by atoms with Gasteiger partial charge in [-0.3, -0.25) is 14.4 Å². The van der Waals surface area contributed by atoms with Crippen LogP contribution >= 0.6 is 0 Å². The fourth-order valence-corrected chi connectivity index (χ4v) is 3.67. The molecule has 1 aliphatic heterocycles. The molecule has 0 bridgehead atoms. The van der Waals surface area contributed by atoms with Gasteiger partial charge in [-0.2, -0.15) is 0 Å². The summed E-state index contributed by atoms with van der Waals surface area (Å²) in [7, 11) is 1.55. The summed E-state index contributed by atoms with van der Waals surface area (Å²) in [5, 5.41) is 4.68. The van der Waals surface area contributed by atoms with Gasteiger partial charge in [0.05, 0.1) is 13.0 Å². The minimum atomic E-state index is -0.621. The Balaban J connectivity index is 1.34. The number of carbonyl (C=O) groups is 3. The lowest BCUT2D eigenvalue weighted by molar-refractivity contribution is -0.151.